The molecule has 5 nitrogen and oxygen atoms in total. The number of anilines is 1. The van der Waals surface area contributed by atoms with Crippen LogP contribution >= 0.6 is 11.6 Å². The Morgan fingerprint density at radius 2 is 1.96 bits per heavy atom. The van der Waals surface area contributed by atoms with Crippen molar-refractivity contribution in [2.75, 3.05) is 25.0 Å². The fourth-order valence-electron chi connectivity index (χ4n) is 4.87. The van der Waals surface area contributed by atoms with Crippen molar-refractivity contribution in [2.45, 2.75) is 57.2 Å². The maximum Gasteiger partial charge on any atom is 0.151 e. The average Bonchev–Trinajstić information content (AvgIpc) is 3.07. The maximum absolute atomic E-state index is 5.88. The Hall–Kier alpha value is -0.910. The molecule has 3 heterocycles. The van der Waals surface area contributed by atoms with Crippen LogP contribution in [0, 0.1) is 11.8 Å². The number of nitrogens with one attached hydrogen (secondary N) is 1. The standard InChI is InChI=1S/C18H27ClN4O/c1-18(2)9-15(5-6-24-18)23-10-12-7-14(8-13(12)11-23)20-17-4-3-16(19)21-22-17/h3-4,12-15H,5-11H2,1-2H3,(H,20,22)/t12-,13?,14?,15?/m1/s1. The van der Waals surface area contributed by atoms with Crippen molar-refractivity contribution in [1.29, 1.82) is 0 Å². The van der Waals surface area contributed by atoms with Crippen LogP contribution in [0.5, 0.6) is 0 Å². The Labute approximate surface area is 149 Å². The van der Waals surface area contributed by atoms with Crippen molar-refractivity contribution >= 4 is 17.4 Å². The number of rotatable bonds is 3. The van der Waals surface area contributed by atoms with Crippen LogP contribution < -0.4 is 5.32 Å². The van der Waals surface area contributed by atoms with Gasteiger partial charge in [0.2, 0.25) is 0 Å². The van der Waals surface area contributed by atoms with Gasteiger partial charge < -0.3 is 10.1 Å². The minimum atomic E-state index is 0.0396. The topological polar surface area (TPSA) is 50.3 Å². The van der Waals surface area contributed by atoms with E-state index in [1.165, 1.54) is 32.4 Å². The molecule has 0 radical (unpaired) electrons. The van der Waals surface area contributed by atoms with Gasteiger partial charge in [0.05, 0.1) is 5.60 Å². The summed E-state index contributed by atoms with van der Waals surface area (Å²) in [5.41, 5.74) is 0.0396. The quantitative estimate of drug-likeness (QED) is 0.907. The molecule has 0 spiro atoms. The van der Waals surface area contributed by atoms with Gasteiger partial charge in [-0.05, 0) is 63.5 Å². The van der Waals surface area contributed by atoms with Gasteiger partial charge in [-0.3, -0.25) is 4.90 Å². The van der Waals surface area contributed by atoms with E-state index in [1.807, 2.05) is 6.07 Å². The molecule has 4 rings (SSSR count). The minimum Gasteiger partial charge on any atom is -0.375 e. The van der Waals surface area contributed by atoms with E-state index in [9.17, 15) is 0 Å². The molecule has 1 aromatic heterocycles. The highest BCUT2D eigenvalue weighted by molar-refractivity contribution is 6.29. The SMILES string of the molecule is CC1(C)CC(N2CC3CC(Nc4ccc(Cl)nn4)C[C@@H]3C2)CCO1. The molecule has 3 aliphatic rings. The summed E-state index contributed by atoms with van der Waals surface area (Å²) in [6, 6.07) is 4.93. The van der Waals surface area contributed by atoms with E-state index in [4.69, 9.17) is 16.3 Å². The minimum absolute atomic E-state index is 0.0396. The summed E-state index contributed by atoms with van der Waals surface area (Å²) in [6.07, 6.45) is 4.82. The lowest BCUT2D eigenvalue weighted by molar-refractivity contribution is -0.0811. The van der Waals surface area contributed by atoms with Crippen molar-refractivity contribution in [3.8, 4) is 0 Å². The highest BCUT2D eigenvalue weighted by Gasteiger charge is 2.44. The van der Waals surface area contributed by atoms with E-state index >= 15 is 0 Å². The molecule has 2 saturated heterocycles. The van der Waals surface area contributed by atoms with Crippen LogP contribution in [0.15, 0.2) is 12.1 Å². The summed E-state index contributed by atoms with van der Waals surface area (Å²) in [6.45, 7) is 7.85. The van der Waals surface area contributed by atoms with Gasteiger partial charge in [-0.15, -0.1) is 10.2 Å². The first-order chi connectivity index (χ1) is 11.5. The van der Waals surface area contributed by atoms with E-state index in [2.05, 4.69) is 34.3 Å². The molecule has 0 aromatic carbocycles. The lowest BCUT2D eigenvalue weighted by Crippen LogP contribution is -2.45. The maximum atomic E-state index is 5.88. The van der Waals surface area contributed by atoms with Crippen molar-refractivity contribution < 1.29 is 4.74 Å². The van der Waals surface area contributed by atoms with Gasteiger partial charge in [0, 0.05) is 31.8 Å². The predicted molar refractivity (Wildman–Crippen MR) is 95.3 cm³/mol. The van der Waals surface area contributed by atoms with Crippen molar-refractivity contribution in [1.82, 2.24) is 15.1 Å². The summed E-state index contributed by atoms with van der Waals surface area (Å²) in [5, 5.41) is 12.0. The molecule has 3 fully saturated rings. The predicted octanol–water partition coefficient (Wildman–Crippen LogP) is 3.21. The molecule has 24 heavy (non-hydrogen) atoms. The fourth-order valence-corrected chi connectivity index (χ4v) is 4.97. The normalized spacial score (nSPS) is 35.8. The summed E-state index contributed by atoms with van der Waals surface area (Å²) in [5.74, 6) is 2.47. The lowest BCUT2D eigenvalue weighted by Gasteiger charge is -2.40. The van der Waals surface area contributed by atoms with Gasteiger partial charge in [-0.2, -0.15) is 0 Å². The van der Waals surface area contributed by atoms with Crippen LogP contribution in [0.25, 0.3) is 0 Å². The third-order valence-electron chi connectivity index (χ3n) is 5.95. The molecule has 2 aliphatic heterocycles. The van der Waals surface area contributed by atoms with Crippen molar-refractivity contribution in [3.63, 3.8) is 0 Å². The van der Waals surface area contributed by atoms with E-state index in [-0.39, 0.29) is 5.60 Å². The fraction of sp³-hybridized carbons (Fsp3) is 0.778. The highest BCUT2D eigenvalue weighted by Crippen LogP contribution is 2.41. The number of likely N-dealkylation sites (tertiary alicyclic amines) is 1. The smallest absolute Gasteiger partial charge is 0.151 e. The second-order valence-electron chi connectivity index (χ2n) is 8.28. The first kappa shape index (κ1) is 16.6. The zero-order chi connectivity index (χ0) is 16.7. The highest BCUT2D eigenvalue weighted by atomic mass is 35.5. The van der Waals surface area contributed by atoms with E-state index in [1.54, 1.807) is 6.07 Å². The largest absolute Gasteiger partial charge is 0.375 e. The summed E-state index contributed by atoms with van der Waals surface area (Å²) < 4.78 is 5.88. The molecule has 1 aromatic rings. The number of aromatic nitrogens is 2. The summed E-state index contributed by atoms with van der Waals surface area (Å²) in [7, 11) is 0. The van der Waals surface area contributed by atoms with Gasteiger partial charge >= 0.3 is 0 Å². The summed E-state index contributed by atoms with van der Waals surface area (Å²) in [4.78, 5) is 2.73. The molecule has 6 heteroatoms. The number of nitrogens with zero attached hydrogens (tertiary/aromatic N) is 3. The third kappa shape index (κ3) is 3.53. The van der Waals surface area contributed by atoms with Crippen LogP contribution in [0.2, 0.25) is 5.15 Å². The van der Waals surface area contributed by atoms with E-state index in [0.717, 1.165) is 30.7 Å². The zero-order valence-electron chi connectivity index (χ0n) is 14.5. The second-order valence-corrected chi connectivity index (χ2v) is 8.67. The molecule has 4 atom stereocenters. The average molecular weight is 351 g/mol. The first-order valence-corrected chi connectivity index (χ1v) is 9.50. The van der Waals surface area contributed by atoms with Crippen molar-refractivity contribution in [3.05, 3.63) is 17.3 Å². The molecule has 0 amide bonds. The van der Waals surface area contributed by atoms with Crippen LogP contribution in [0.4, 0.5) is 5.82 Å². The van der Waals surface area contributed by atoms with Gasteiger partial charge in [-0.1, -0.05) is 11.6 Å². The Balaban J connectivity index is 1.31. The number of halogens is 1. The van der Waals surface area contributed by atoms with Crippen LogP contribution in [0.3, 0.4) is 0 Å². The molecule has 1 N–H and O–H groups in total. The zero-order valence-corrected chi connectivity index (χ0v) is 15.3. The Bertz CT molecular complexity index is 565. The monoisotopic (exact) mass is 350 g/mol. The number of fused-ring (bicyclic) bond motifs is 1. The van der Waals surface area contributed by atoms with Crippen LogP contribution in [-0.4, -0.2) is 52.5 Å². The molecular formula is C18H27ClN4O. The Morgan fingerprint density at radius 1 is 1.21 bits per heavy atom. The summed E-state index contributed by atoms with van der Waals surface area (Å²) >= 11 is 5.80. The molecule has 132 valence electrons. The molecule has 1 aliphatic carbocycles. The van der Waals surface area contributed by atoms with Crippen LogP contribution in [-0.2, 0) is 4.74 Å². The second kappa shape index (κ2) is 6.43. The molecule has 3 unspecified atom stereocenters. The van der Waals surface area contributed by atoms with E-state index in [0.29, 0.717) is 17.2 Å². The van der Waals surface area contributed by atoms with Gasteiger partial charge in [0.1, 0.15) is 5.82 Å². The lowest BCUT2D eigenvalue weighted by atomic mass is 9.93. The number of hydrogen-bond acceptors (Lipinski definition) is 5. The van der Waals surface area contributed by atoms with Crippen molar-refractivity contribution in [2.24, 2.45) is 11.8 Å². The van der Waals surface area contributed by atoms with E-state index < -0.39 is 0 Å². The molecular weight excluding hydrogens is 324 g/mol. The molecule has 1 saturated carbocycles. The molecule has 0 bridgehead atoms. The van der Waals surface area contributed by atoms with Gasteiger partial charge in [0.25, 0.3) is 0 Å². The van der Waals surface area contributed by atoms with Crippen LogP contribution in [0.1, 0.15) is 39.5 Å². The first-order valence-electron chi connectivity index (χ1n) is 9.12. The number of ether oxygens (including phenoxy) is 1. The number of hydrogen-bond donors (Lipinski definition) is 1. The Kier molecular flexibility index (Phi) is 4.43. The third-order valence-corrected chi connectivity index (χ3v) is 6.15. The van der Waals surface area contributed by atoms with Gasteiger partial charge in [0.15, 0.2) is 5.15 Å². The Morgan fingerprint density at radius 3 is 2.58 bits per heavy atom. The van der Waals surface area contributed by atoms with Gasteiger partial charge in [-0.25, -0.2) is 0 Å².